The van der Waals surface area contributed by atoms with Gasteiger partial charge in [0.25, 0.3) is 0 Å². The average molecular weight is 460 g/mol. The molecule has 0 aliphatic heterocycles. The number of hydrogen-bond donors (Lipinski definition) is 1. The second-order valence-corrected chi connectivity index (χ2v) is 13.5. The molecule has 1 heterocycles. The van der Waals surface area contributed by atoms with Gasteiger partial charge in [-0.1, -0.05) is 0 Å². The molecule has 0 saturated heterocycles. The van der Waals surface area contributed by atoms with E-state index in [2.05, 4.69) is 0 Å². The molecular weight excluding hydrogens is 434 g/mol. The molecule has 10 heteroatoms. The number of benzene rings is 1. The fourth-order valence-electron chi connectivity index (χ4n) is 2.64. The first-order valence-corrected chi connectivity index (χ1v) is 13.9. The molecule has 1 N–H and O–H groups in total. The van der Waals surface area contributed by atoms with Crippen molar-refractivity contribution in [1.29, 1.82) is 0 Å². The third kappa shape index (κ3) is 6.53. The normalized spacial score (nSPS) is 12.9. The maximum atomic E-state index is 12.8. The van der Waals surface area contributed by atoms with Crippen LogP contribution < -0.4 is 9.36 Å². The molecule has 0 fully saturated rings. The molecule has 29 heavy (non-hydrogen) atoms. The molecule has 1 unspecified atom stereocenters. The van der Waals surface area contributed by atoms with Crippen LogP contribution in [0.5, 0.6) is 5.75 Å². The Morgan fingerprint density at radius 3 is 2.38 bits per heavy atom. The standard InChI is InChI=1S/C19H26O7P2S/c1-5-24-28(23,25-6-2)27(22)18-8-7-17(29-18)11-14-9-15(19(20)21)12-16(10-14)26-13(3)4/h7-10,12-13,27H,5-6,11H2,1-4H3,(H,20,21). The molecule has 0 aliphatic carbocycles. The van der Waals surface area contributed by atoms with Crippen molar-refractivity contribution in [3.8, 4) is 5.75 Å². The van der Waals surface area contributed by atoms with Gasteiger partial charge in [0.2, 0.25) is 7.49 Å². The fraction of sp³-hybridized carbons (Fsp3) is 0.421. The summed E-state index contributed by atoms with van der Waals surface area (Å²) in [4.78, 5) is 12.3. The monoisotopic (exact) mass is 460 g/mol. The van der Waals surface area contributed by atoms with Crippen molar-refractivity contribution in [2.75, 3.05) is 13.2 Å². The SMILES string of the molecule is CCOP(=O)(OCC)[PH](=O)c1ccc(Cc2cc(OC(C)C)cc(C(=O)O)c2)s1. The third-order valence-electron chi connectivity index (χ3n) is 3.68. The number of carbonyl (C=O) groups is 1. The predicted octanol–water partition coefficient (Wildman–Crippen LogP) is 5.19. The predicted molar refractivity (Wildman–Crippen MR) is 116 cm³/mol. The molecule has 0 saturated carbocycles. The van der Waals surface area contributed by atoms with Crippen LogP contribution in [0.25, 0.3) is 0 Å². The first-order chi connectivity index (χ1) is 13.7. The van der Waals surface area contributed by atoms with Crippen molar-refractivity contribution in [3.05, 3.63) is 46.3 Å². The van der Waals surface area contributed by atoms with Gasteiger partial charge >= 0.3 is 13.3 Å². The quantitative estimate of drug-likeness (QED) is 0.461. The van der Waals surface area contributed by atoms with E-state index >= 15 is 0 Å². The van der Waals surface area contributed by atoms with Gasteiger partial charge in [-0.2, -0.15) is 0 Å². The summed E-state index contributed by atoms with van der Waals surface area (Å²) in [5.74, 6) is -0.552. The highest BCUT2D eigenvalue weighted by Gasteiger charge is 2.34. The average Bonchev–Trinajstić information content (AvgIpc) is 3.09. The lowest BCUT2D eigenvalue weighted by molar-refractivity contribution is 0.0696. The van der Waals surface area contributed by atoms with E-state index in [0.29, 0.717) is 16.8 Å². The van der Waals surface area contributed by atoms with E-state index in [4.69, 9.17) is 13.8 Å². The summed E-state index contributed by atoms with van der Waals surface area (Å²) in [6.07, 6.45) is 0.348. The summed E-state index contributed by atoms with van der Waals surface area (Å²) < 4.78 is 42.1. The van der Waals surface area contributed by atoms with E-state index in [1.807, 2.05) is 13.8 Å². The Labute approximate surface area is 175 Å². The van der Waals surface area contributed by atoms with Crippen LogP contribution in [0.15, 0.2) is 30.3 Å². The molecule has 1 atom stereocenters. The molecule has 160 valence electrons. The van der Waals surface area contributed by atoms with Gasteiger partial charge in [-0.3, -0.25) is 4.57 Å². The van der Waals surface area contributed by atoms with Gasteiger partial charge in [-0.15, -0.1) is 11.3 Å². The number of hydrogen-bond acceptors (Lipinski definition) is 7. The van der Waals surface area contributed by atoms with Gasteiger partial charge < -0.3 is 23.5 Å². The van der Waals surface area contributed by atoms with Gasteiger partial charge in [-0.05, 0) is 63.6 Å². The van der Waals surface area contributed by atoms with Crippen LogP contribution in [-0.2, 0) is 24.6 Å². The number of thiophene rings is 1. The van der Waals surface area contributed by atoms with E-state index < -0.39 is 20.7 Å². The van der Waals surface area contributed by atoms with E-state index in [9.17, 15) is 19.0 Å². The van der Waals surface area contributed by atoms with Crippen molar-refractivity contribution >= 4 is 36.7 Å². The van der Waals surface area contributed by atoms with Crippen molar-refractivity contribution in [2.45, 2.75) is 40.2 Å². The first kappa shape index (κ1) is 23.8. The van der Waals surface area contributed by atoms with Gasteiger partial charge in [-0.25, -0.2) is 4.79 Å². The molecule has 7 nitrogen and oxygen atoms in total. The van der Waals surface area contributed by atoms with Crippen molar-refractivity contribution in [3.63, 3.8) is 0 Å². The van der Waals surface area contributed by atoms with E-state index in [0.717, 1.165) is 10.4 Å². The number of rotatable bonds is 11. The first-order valence-electron chi connectivity index (χ1n) is 9.25. The van der Waals surface area contributed by atoms with Gasteiger partial charge in [0.1, 0.15) is 5.75 Å². The molecular formula is C19H26O7P2S. The Balaban J connectivity index is 2.27. The fourth-order valence-corrected chi connectivity index (χ4v) is 9.59. The van der Waals surface area contributed by atoms with Crippen molar-refractivity contribution in [2.24, 2.45) is 0 Å². The Morgan fingerprint density at radius 1 is 1.17 bits per heavy atom. The Kier molecular flexibility index (Phi) is 8.68. The molecule has 2 aromatic rings. The molecule has 0 radical (unpaired) electrons. The Bertz CT molecular complexity index is 913. The smallest absolute Gasteiger partial charge is 0.388 e. The van der Waals surface area contributed by atoms with Gasteiger partial charge in [0.15, 0.2) is 0 Å². The number of carboxylic acid groups (broad SMARTS) is 1. The summed E-state index contributed by atoms with van der Waals surface area (Å²) in [5.41, 5.74) is 0.895. The molecule has 0 amide bonds. The molecule has 1 aromatic heterocycles. The minimum Gasteiger partial charge on any atom is -0.491 e. The zero-order chi connectivity index (χ0) is 21.6. The zero-order valence-corrected chi connectivity index (χ0v) is 19.5. The minimum atomic E-state index is -3.69. The Morgan fingerprint density at radius 2 is 1.83 bits per heavy atom. The second-order valence-electron chi connectivity index (χ2n) is 6.42. The van der Waals surface area contributed by atoms with E-state index in [-0.39, 0.29) is 24.9 Å². The summed E-state index contributed by atoms with van der Waals surface area (Å²) in [6, 6.07) is 8.33. The molecule has 0 aliphatic rings. The third-order valence-corrected chi connectivity index (χ3v) is 11.2. The summed E-state index contributed by atoms with van der Waals surface area (Å²) in [5, 5.41) is 9.35. The lowest BCUT2D eigenvalue weighted by Crippen LogP contribution is -2.07. The van der Waals surface area contributed by atoms with Crippen LogP contribution in [0.3, 0.4) is 0 Å². The highest BCUT2D eigenvalue weighted by atomic mass is 32.1. The number of aromatic carboxylic acids is 1. The van der Waals surface area contributed by atoms with Crippen LogP contribution >= 0.6 is 26.1 Å². The summed E-state index contributed by atoms with van der Waals surface area (Å²) in [6.45, 7) is 7.37. The topological polar surface area (TPSA) is 99.1 Å². The largest absolute Gasteiger partial charge is 0.491 e. The maximum absolute atomic E-state index is 12.8. The highest BCUT2D eigenvalue weighted by molar-refractivity contribution is 8.27. The molecule has 0 bridgehead atoms. The van der Waals surface area contributed by atoms with Crippen LogP contribution in [0.4, 0.5) is 0 Å². The van der Waals surface area contributed by atoms with Crippen LogP contribution in [0, 0.1) is 0 Å². The molecule has 1 aromatic carbocycles. The highest BCUT2D eigenvalue weighted by Crippen LogP contribution is 2.69. The zero-order valence-electron chi connectivity index (χ0n) is 16.8. The Hall–Kier alpha value is -1.43. The van der Waals surface area contributed by atoms with Gasteiger partial charge in [0, 0.05) is 11.3 Å². The summed E-state index contributed by atoms with van der Waals surface area (Å²) >= 11 is 1.26. The van der Waals surface area contributed by atoms with Crippen LogP contribution in [-0.4, -0.2) is 30.4 Å². The second kappa shape index (κ2) is 10.6. The van der Waals surface area contributed by atoms with E-state index in [1.165, 1.54) is 17.4 Å². The summed E-state index contributed by atoms with van der Waals surface area (Å²) in [7, 11) is -6.47. The molecule has 0 spiro atoms. The lowest BCUT2D eigenvalue weighted by atomic mass is 10.1. The maximum Gasteiger partial charge on any atom is 0.388 e. The lowest BCUT2D eigenvalue weighted by Gasteiger charge is -2.15. The molecule has 2 rings (SSSR count). The van der Waals surface area contributed by atoms with Crippen molar-refractivity contribution in [1.82, 2.24) is 0 Å². The number of carboxylic acids is 1. The number of ether oxygens (including phenoxy) is 1. The van der Waals surface area contributed by atoms with Crippen LogP contribution in [0.1, 0.15) is 48.5 Å². The minimum absolute atomic E-state index is 0.0860. The van der Waals surface area contributed by atoms with Crippen LogP contribution in [0.2, 0.25) is 0 Å². The van der Waals surface area contributed by atoms with E-state index in [1.54, 1.807) is 38.1 Å². The van der Waals surface area contributed by atoms with Gasteiger partial charge in [0.05, 0.1) is 29.5 Å². The van der Waals surface area contributed by atoms with Crippen molar-refractivity contribution < 1.29 is 32.8 Å².